The second-order valence-corrected chi connectivity index (χ2v) is 8.01. The number of sulfonamides is 1. The molecule has 0 saturated heterocycles. The Morgan fingerprint density at radius 3 is 2.77 bits per heavy atom. The molecule has 0 aliphatic carbocycles. The van der Waals surface area contributed by atoms with Gasteiger partial charge in [-0.15, -0.1) is 11.3 Å². The van der Waals surface area contributed by atoms with Gasteiger partial charge in [-0.05, 0) is 49.1 Å². The molecule has 1 aromatic heterocycles. The Bertz CT molecular complexity index is 813. The Morgan fingerprint density at radius 2 is 2.09 bits per heavy atom. The smallest absolute Gasteiger partial charge is 0.241 e. The lowest BCUT2D eigenvalue weighted by Gasteiger charge is -2.13. The minimum atomic E-state index is -3.63. The van der Waals surface area contributed by atoms with Crippen LogP contribution >= 0.6 is 11.3 Å². The molecule has 0 radical (unpaired) electrons. The van der Waals surface area contributed by atoms with Gasteiger partial charge in [0, 0.05) is 10.6 Å². The van der Waals surface area contributed by atoms with E-state index in [1.807, 2.05) is 24.4 Å². The van der Waals surface area contributed by atoms with Crippen LogP contribution in [-0.2, 0) is 14.8 Å². The van der Waals surface area contributed by atoms with Crippen LogP contribution in [0.2, 0.25) is 0 Å². The summed E-state index contributed by atoms with van der Waals surface area (Å²) in [5.41, 5.74) is 1.40. The van der Waals surface area contributed by atoms with Crippen LogP contribution in [0, 0.1) is 0 Å². The van der Waals surface area contributed by atoms with Gasteiger partial charge in [0.1, 0.15) is 0 Å². The number of carbonyl (C=O) groups is 1. The van der Waals surface area contributed by atoms with E-state index in [-0.39, 0.29) is 22.8 Å². The average Bonchev–Trinajstić information content (AvgIpc) is 3.08. The first-order valence-electron chi connectivity index (χ1n) is 6.89. The van der Waals surface area contributed by atoms with Crippen molar-refractivity contribution in [3.63, 3.8) is 0 Å². The highest BCUT2D eigenvalue weighted by Crippen LogP contribution is 2.34. The van der Waals surface area contributed by atoms with Crippen molar-refractivity contribution in [1.29, 1.82) is 0 Å². The number of rotatable bonds is 4. The third-order valence-electron chi connectivity index (χ3n) is 3.75. The highest BCUT2D eigenvalue weighted by atomic mass is 32.2. The predicted octanol–water partition coefficient (Wildman–Crippen LogP) is 2.84. The lowest BCUT2D eigenvalue weighted by Crippen LogP contribution is -2.26. The van der Waals surface area contributed by atoms with E-state index in [4.69, 9.17) is 0 Å². The third kappa shape index (κ3) is 2.67. The highest BCUT2D eigenvalue weighted by molar-refractivity contribution is 7.89. The molecule has 2 atom stereocenters. The van der Waals surface area contributed by atoms with Gasteiger partial charge in [-0.25, -0.2) is 13.1 Å². The number of nitrogens with one attached hydrogen (secondary N) is 2. The fraction of sp³-hybridized carbons (Fsp3) is 0.267. The lowest BCUT2D eigenvalue weighted by molar-refractivity contribution is -0.116. The van der Waals surface area contributed by atoms with Crippen LogP contribution in [0.15, 0.2) is 40.6 Å². The zero-order valence-corrected chi connectivity index (χ0v) is 13.8. The molecule has 0 saturated carbocycles. The summed E-state index contributed by atoms with van der Waals surface area (Å²) in [5, 5.41) is 4.65. The molecule has 1 aromatic carbocycles. The maximum atomic E-state index is 12.5. The fourth-order valence-electron chi connectivity index (χ4n) is 2.46. The van der Waals surface area contributed by atoms with E-state index in [0.717, 1.165) is 10.4 Å². The van der Waals surface area contributed by atoms with Crippen LogP contribution in [0.25, 0.3) is 0 Å². The first kappa shape index (κ1) is 15.2. The summed E-state index contributed by atoms with van der Waals surface area (Å²) in [6, 6.07) is 8.21. The molecule has 1 aliphatic rings. The number of amides is 1. The second-order valence-electron chi connectivity index (χ2n) is 5.32. The van der Waals surface area contributed by atoms with Crippen molar-refractivity contribution in [2.45, 2.75) is 30.7 Å². The molecule has 0 unspecified atom stereocenters. The van der Waals surface area contributed by atoms with E-state index in [2.05, 4.69) is 10.0 Å². The summed E-state index contributed by atoms with van der Waals surface area (Å²) in [7, 11) is -3.63. The topological polar surface area (TPSA) is 75.3 Å². The summed E-state index contributed by atoms with van der Waals surface area (Å²) in [4.78, 5) is 12.8. The third-order valence-corrected chi connectivity index (χ3v) is 6.35. The number of carbonyl (C=O) groups excluding carboxylic acids is 1. The SMILES string of the molecule is C[C@H](NS(=O)(=O)c1ccc2c(c1)[C@H](C)C(=O)N2)c1cccs1. The molecular formula is C15H16N2O3S2. The van der Waals surface area contributed by atoms with Crippen LogP contribution < -0.4 is 10.0 Å². The first-order valence-corrected chi connectivity index (χ1v) is 9.25. The summed E-state index contributed by atoms with van der Waals surface area (Å²) in [6.45, 7) is 3.57. The molecule has 22 heavy (non-hydrogen) atoms. The Kier molecular flexibility index (Phi) is 3.80. The van der Waals surface area contributed by atoms with Crippen LogP contribution in [0.1, 0.15) is 36.2 Å². The van der Waals surface area contributed by atoms with Crippen molar-refractivity contribution in [2.24, 2.45) is 0 Å². The van der Waals surface area contributed by atoms with Gasteiger partial charge in [-0.2, -0.15) is 0 Å². The molecule has 5 nitrogen and oxygen atoms in total. The number of thiophene rings is 1. The van der Waals surface area contributed by atoms with Crippen molar-refractivity contribution in [1.82, 2.24) is 4.72 Å². The fourth-order valence-corrected chi connectivity index (χ4v) is 4.53. The Morgan fingerprint density at radius 1 is 1.32 bits per heavy atom. The van der Waals surface area contributed by atoms with Gasteiger partial charge < -0.3 is 5.32 Å². The van der Waals surface area contributed by atoms with E-state index in [1.165, 1.54) is 17.4 Å². The van der Waals surface area contributed by atoms with Crippen molar-refractivity contribution in [3.8, 4) is 0 Å². The van der Waals surface area contributed by atoms with Crippen LogP contribution in [-0.4, -0.2) is 14.3 Å². The van der Waals surface area contributed by atoms with Crippen LogP contribution in [0.4, 0.5) is 5.69 Å². The molecule has 0 fully saturated rings. The number of hydrogen-bond donors (Lipinski definition) is 2. The van der Waals surface area contributed by atoms with Gasteiger partial charge in [-0.3, -0.25) is 4.79 Å². The minimum absolute atomic E-state index is 0.107. The zero-order chi connectivity index (χ0) is 15.9. The average molecular weight is 336 g/mol. The maximum absolute atomic E-state index is 12.5. The van der Waals surface area contributed by atoms with Gasteiger partial charge in [-0.1, -0.05) is 6.07 Å². The van der Waals surface area contributed by atoms with Gasteiger partial charge in [0.2, 0.25) is 15.9 Å². The molecule has 0 bridgehead atoms. The summed E-state index contributed by atoms with van der Waals surface area (Å²) in [6.07, 6.45) is 0. The van der Waals surface area contributed by atoms with Crippen molar-refractivity contribution in [3.05, 3.63) is 46.2 Å². The highest BCUT2D eigenvalue weighted by Gasteiger charge is 2.28. The van der Waals surface area contributed by atoms with Crippen molar-refractivity contribution >= 4 is 33.0 Å². The lowest BCUT2D eigenvalue weighted by atomic mass is 10.0. The van der Waals surface area contributed by atoms with E-state index in [9.17, 15) is 13.2 Å². The molecule has 2 aromatic rings. The maximum Gasteiger partial charge on any atom is 0.241 e. The number of benzene rings is 1. The Hall–Kier alpha value is -1.70. The minimum Gasteiger partial charge on any atom is -0.325 e. The number of fused-ring (bicyclic) bond motifs is 1. The van der Waals surface area contributed by atoms with E-state index < -0.39 is 10.0 Å². The van der Waals surface area contributed by atoms with Gasteiger partial charge in [0.05, 0.1) is 16.9 Å². The molecule has 1 aliphatic heterocycles. The largest absolute Gasteiger partial charge is 0.325 e. The molecular weight excluding hydrogens is 320 g/mol. The summed E-state index contributed by atoms with van der Waals surface area (Å²) >= 11 is 1.51. The first-order chi connectivity index (χ1) is 10.4. The number of hydrogen-bond acceptors (Lipinski definition) is 4. The van der Waals surface area contributed by atoms with E-state index >= 15 is 0 Å². The number of anilines is 1. The monoisotopic (exact) mass is 336 g/mol. The Labute approximate surface area is 133 Å². The second kappa shape index (κ2) is 5.49. The molecule has 2 heterocycles. The molecule has 3 rings (SSSR count). The van der Waals surface area contributed by atoms with Gasteiger partial charge in [0.15, 0.2) is 0 Å². The molecule has 2 N–H and O–H groups in total. The van der Waals surface area contributed by atoms with E-state index in [1.54, 1.807) is 19.1 Å². The van der Waals surface area contributed by atoms with Crippen LogP contribution in [0.3, 0.4) is 0 Å². The zero-order valence-electron chi connectivity index (χ0n) is 12.2. The van der Waals surface area contributed by atoms with Crippen molar-refractivity contribution < 1.29 is 13.2 Å². The quantitative estimate of drug-likeness (QED) is 0.901. The molecule has 116 valence electrons. The van der Waals surface area contributed by atoms with Crippen LogP contribution in [0.5, 0.6) is 0 Å². The van der Waals surface area contributed by atoms with Crippen molar-refractivity contribution in [2.75, 3.05) is 5.32 Å². The van der Waals surface area contributed by atoms with Gasteiger partial charge >= 0.3 is 0 Å². The normalized spacial score (nSPS) is 18.8. The standard InChI is InChI=1S/C15H16N2O3S2/c1-9-12-8-11(5-6-13(12)16-15(9)18)22(19,20)17-10(2)14-4-3-7-21-14/h3-10,17H,1-2H3,(H,16,18)/t9-,10-/m0/s1. The van der Waals surface area contributed by atoms with E-state index in [0.29, 0.717) is 5.69 Å². The van der Waals surface area contributed by atoms with Gasteiger partial charge in [0.25, 0.3) is 0 Å². The summed E-state index contributed by atoms with van der Waals surface area (Å²) in [5.74, 6) is -0.440. The molecule has 0 spiro atoms. The molecule has 7 heteroatoms. The molecule has 1 amide bonds. The predicted molar refractivity (Wildman–Crippen MR) is 86.5 cm³/mol. The summed E-state index contributed by atoms with van der Waals surface area (Å²) < 4.78 is 27.7. The Balaban J connectivity index is 1.89.